The van der Waals surface area contributed by atoms with E-state index in [1.54, 1.807) is 7.11 Å². The van der Waals surface area contributed by atoms with Crippen LogP contribution in [0.1, 0.15) is 43.0 Å². The van der Waals surface area contributed by atoms with Gasteiger partial charge in [0.1, 0.15) is 5.75 Å². The largest absolute Gasteiger partial charge is 0.496 e. The highest BCUT2D eigenvalue weighted by atomic mass is 16.5. The zero-order chi connectivity index (χ0) is 15.2. The van der Waals surface area contributed by atoms with Crippen LogP contribution < -0.4 is 10.1 Å². The van der Waals surface area contributed by atoms with Crippen molar-refractivity contribution in [2.45, 2.75) is 39.3 Å². The summed E-state index contributed by atoms with van der Waals surface area (Å²) in [4.78, 5) is 2.55. The molecule has 2 rings (SSSR count). The van der Waals surface area contributed by atoms with E-state index in [9.17, 15) is 0 Å². The Kier molecular flexibility index (Phi) is 6.03. The summed E-state index contributed by atoms with van der Waals surface area (Å²) in [6.45, 7) is 8.24. The van der Waals surface area contributed by atoms with Gasteiger partial charge in [0, 0.05) is 31.2 Å². The van der Waals surface area contributed by atoms with Gasteiger partial charge in [-0.1, -0.05) is 19.9 Å². The van der Waals surface area contributed by atoms with Gasteiger partial charge in [-0.3, -0.25) is 4.90 Å². The Morgan fingerprint density at radius 2 is 2.19 bits per heavy atom. The van der Waals surface area contributed by atoms with Gasteiger partial charge in [-0.25, -0.2) is 0 Å². The van der Waals surface area contributed by atoms with E-state index in [0.29, 0.717) is 12.6 Å². The fraction of sp³-hybridized carbons (Fsp3) is 0.647. The molecule has 0 fully saturated rings. The molecule has 0 spiro atoms. The van der Waals surface area contributed by atoms with Crippen LogP contribution in [-0.2, 0) is 13.0 Å². The standard InChI is InChI=1S/C17H28N2O2/c1-4-16-15-11-17(21-3)14(12-18-7-9-20)10-13(15)6-8-19(16)5-2/h10-11,16,18,20H,4-9,12H2,1-3H3. The van der Waals surface area contributed by atoms with E-state index in [4.69, 9.17) is 9.84 Å². The van der Waals surface area contributed by atoms with Gasteiger partial charge < -0.3 is 15.2 Å². The third kappa shape index (κ3) is 3.57. The number of benzene rings is 1. The zero-order valence-corrected chi connectivity index (χ0v) is 13.5. The Morgan fingerprint density at radius 1 is 1.38 bits per heavy atom. The number of hydrogen-bond acceptors (Lipinski definition) is 4. The lowest BCUT2D eigenvalue weighted by molar-refractivity contribution is 0.189. The fourth-order valence-corrected chi connectivity index (χ4v) is 3.32. The number of rotatable bonds is 7. The van der Waals surface area contributed by atoms with Crippen LogP contribution in [-0.4, -0.2) is 43.4 Å². The highest BCUT2D eigenvalue weighted by Crippen LogP contribution is 2.36. The summed E-state index contributed by atoms with van der Waals surface area (Å²) in [5, 5.41) is 12.1. The lowest BCUT2D eigenvalue weighted by Gasteiger charge is -2.36. The third-order valence-electron chi connectivity index (χ3n) is 4.41. The van der Waals surface area contributed by atoms with Crippen molar-refractivity contribution < 1.29 is 9.84 Å². The van der Waals surface area contributed by atoms with Crippen LogP contribution in [0.25, 0.3) is 0 Å². The van der Waals surface area contributed by atoms with E-state index in [1.165, 1.54) is 16.7 Å². The maximum atomic E-state index is 8.89. The number of likely N-dealkylation sites (N-methyl/N-ethyl adjacent to an activating group) is 1. The van der Waals surface area contributed by atoms with E-state index in [-0.39, 0.29) is 6.61 Å². The molecule has 0 amide bonds. The van der Waals surface area contributed by atoms with Gasteiger partial charge >= 0.3 is 0 Å². The van der Waals surface area contributed by atoms with Crippen molar-refractivity contribution in [2.24, 2.45) is 0 Å². The second-order valence-electron chi connectivity index (χ2n) is 5.57. The molecule has 1 aromatic rings. The molecule has 4 heteroatoms. The molecule has 21 heavy (non-hydrogen) atoms. The van der Waals surface area contributed by atoms with Crippen LogP contribution in [0.15, 0.2) is 12.1 Å². The van der Waals surface area contributed by atoms with Crippen LogP contribution in [0.3, 0.4) is 0 Å². The Labute approximate surface area is 128 Å². The Morgan fingerprint density at radius 3 is 2.81 bits per heavy atom. The number of hydrogen-bond donors (Lipinski definition) is 2. The maximum absolute atomic E-state index is 8.89. The van der Waals surface area contributed by atoms with Gasteiger partial charge in [0.15, 0.2) is 0 Å². The highest BCUT2D eigenvalue weighted by molar-refractivity contribution is 5.45. The molecule has 1 aliphatic heterocycles. The lowest BCUT2D eigenvalue weighted by Crippen LogP contribution is -2.35. The lowest BCUT2D eigenvalue weighted by atomic mass is 9.89. The maximum Gasteiger partial charge on any atom is 0.123 e. The second kappa shape index (κ2) is 7.78. The van der Waals surface area contributed by atoms with Gasteiger partial charge in [-0.05, 0) is 36.6 Å². The van der Waals surface area contributed by atoms with Gasteiger partial charge in [0.2, 0.25) is 0 Å². The van der Waals surface area contributed by atoms with Crippen molar-refractivity contribution in [1.82, 2.24) is 10.2 Å². The minimum absolute atomic E-state index is 0.163. The van der Waals surface area contributed by atoms with Crippen molar-refractivity contribution in [1.29, 1.82) is 0 Å². The summed E-state index contributed by atoms with van der Waals surface area (Å²) < 4.78 is 5.58. The first-order valence-corrected chi connectivity index (χ1v) is 8.00. The van der Waals surface area contributed by atoms with Gasteiger partial charge in [0.05, 0.1) is 13.7 Å². The van der Waals surface area contributed by atoms with Gasteiger partial charge in [-0.2, -0.15) is 0 Å². The monoisotopic (exact) mass is 292 g/mol. The van der Waals surface area contributed by atoms with Crippen LogP contribution in [0.2, 0.25) is 0 Å². The number of nitrogens with zero attached hydrogens (tertiary/aromatic N) is 1. The van der Waals surface area contributed by atoms with Crippen molar-refractivity contribution >= 4 is 0 Å². The Balaban J connectivity index is 2.29. The molecule has 1 heterocycles. The molecule has 0 saturated carbocycles. The number of fused-ring (bicyclic) bond motifs is 1. The van der Waals surface area contributed by atoms with Crippen molar-refractivity contribution in [3.05, 3.63) is 28.8 Å². The molecule has 1 aliphatic rings. The topological polar surface area (TPSA) is 44.7 Å². The third-order valence-corrected chi connectivity index (χ3v) is 4.41. The number of aliphatic hydroxyl groups is 1. The van der Waals surface area contributed by atoms with E-state index < -0.39 is 0 Å². The minimum Gasteiger partial charge on any atom is -0.496 e. The molecular formula is C17H28N2O2. The molecular weight excluding hydrogens is 264 g/mol. The fourth-order valence-electron chi connectivity index (χ4n) is 3.32. The summed E-state index contributed by atoms with van der Waals surface area (Å²) in [6, 6.07) is 5.02. The molecule has 4 nitrogen and oxygen atoms in total. The summed E-state index contributed by atoms with van der Waals surface area (Å²) in [5.74, 6) is 0.954. The van der Waals surface area contributed by atoms with Gasteiger partial charge in [-0.15, -0.1) is 0 Å². The molecule has 1 aromatic carbocycles. The van der Waals surface area contributed by atoms with Crippen molar-refractivity contribution in [3.63, 3.8) is 0 Å². The number of ether oxygens (including phenoxy) is 1. The molecule has 0 bridgehead atoms. The highest BCUT2D eigenvalue weighted by Gasteiger charge is 2.26. The number of methoxy groups -OCH3 is 1. The minimum atomic E-state index is 0.163. The SMILES string of the molecule is CCC1c2cc(OC)c(CNCCO)cc2CCN1CC. The number of nitrogens with one attached hydrogen (secondary N) is 1. The Hall–Kier alpha value is -1.10. The molecule has 1 atom stereocenters. The Bertz CT molecular complexity index is 462. The molecule has 0 aromatic heterocycles. The van der Waals surface area contributed by atoms with E-state index in [1.807, 2.05) is 0 Å². The second-order valence-corrected chi connectivity index (χ2v) is 5.57. The molecule has 0 saturated heterocycles. The summed E-state index contributed by atoms with van der Waals surface area (Å²) in [6.07, 6.45) is 2.24. The molecule has 1 unspecified atom stereocenters. The first-order chi connectivity index (χ1) is 10.2. The quantitative estimate of drug-likeness (QED) is 0.756. The van der Waals surface area contributed by atoms with Crippen LogP contribution in [0.5, 0.6) is 5.75 Å². The molecule has 0 aliphatic carbocycles. The number of aliphatic hydroxyl groups excluding tert-OH is 1. The molecule has 2 N–H and O–H groups in total. The first kappa shape index (κ1) is 16.3. The van der Waals surface area contributed by atoms with Crippen LogP contribution in [0.4, 0.5) is 0 Å². The average Bonchev–Trinajstić information content (AvgIpc) is 2.53. The molecule has 0 radical (unpaired) electrons. The summed E-state index contributed by atoms with van der Waals surface area (Å²) in [7, 11) is 1.73. The zero-order valence-electron chi connectivity index (χ0n) is 13.5. The van der Waals surface area contributed by atoms with Crippen LogP contribution >= 0.6 is 0 Å². The van der Waals surface area contributed by atoms with Crippen LogP contribution in [0, 0.1) is 0 Å². The predicted molar refractivity (Wildman–Crippen MR) is 85.8 cm³/mol. The predicted octanol–water partition coefficient (Wildman–Crippen LogP) is 2.11. The normalized spacial score (nSPS) is 18.6. The molecule has 118 valence electrons. The van der Waals surface area contributed by atoms with E-state index in [0.717, 1.165) is 38.2 Å². The summed E-state index contributed by atoms with van der Waals surface area (Å²) >= 11 is 0. The van der Waals surface area contributed by atoms with Crippen molar-refractivity contribution in [3.8, 4) is 5.75 Å². The summed E-state index contributed by atoms with van der Waals surface area (Å²) in [5.41, 5.74) is 4.06. The van der Waals surface area contributed by atoms with Gasteiger partial charge in [0.25, 0.3) is 0 Å². The average molecular weight is 292 g/mol. The van der Waals surface area contributed by atoms with E-state index >= 15 is 0 Å². The first-order valence-electron chi connectivity index (χ1n) is 8.00. The van der Waals surface area contributed by atoms with E-state index in [2.05, 4.69) is 36.2 Å². The smallest absolute Gasteiger partial charge is 0.123 e. The van der Waals surface area contributed by atoms with Crippen molar-refractivity contribution in [2.75, 3.05) is 33.4 Å².